The summed E-state index contributed by atoms with van der Waals surface area (Å²) in [6.45, 7) is 2.50. The first-order chi connectivity index (χ1) is 9.61. The van der Waals surface area contributed by atoms with E-state index in [1.54, 1.807) is 12.1 Å². The first kappa shape index (κ1) is 14.6. The van der Waals surface area contributed by atoms with Crippen LogP contribution >= 0.6 is 22.6 Å². The summed E-state index contributed by atoms with van der Waals surface area (Å²) in [6, 6.07) is 12.5. The van der Waals surface area contributed by atoms with Crippen molar-refractivity contribution in [3.8, 4) is 5.75 Å². The molecule has 0 radical (unpaired) electrons. The number of rotatable bonds is 5. The summed E-state index contributed by atoms with van der Waals surface area (Å²) in [7, 11) is 0. The largest absolute Gasteiger partial charge is 0.492 e. The van der Waals surface area contributed by atoms with Gasteiger partial charge in [-0.05, 0) is 53.8 Å². The number of nitrogens with zero attached hydrogens (tertiary/aromatic N) is 1. The van der Waals surface area contributed by atoms with Gasteiger partial charge in [-0.3, -0.25) is 10.1 Å². The van der Waals surface area contributed by atoms with Gasteiger partial charge in [-0.2, -0.15) is 0 Å². The van der Waals surface area contributed by atoms with Crippen LogP contribution in [0, 0.1) is 13.7 Å². The number of nitro benzene ring substituents is 1. The number of hydrogen-bond donors (Lipinski definition) is 1. The lowest BCUT2D eigenvalue weighted by Gasteiger charge is -2.12. The van der Waals surface area contributed by atoms with Crippen molar-refractivity contribution < 1.29 is 9.66 Å². The molecule has 0 saturated heterocycles. The van der Waals surface area contributed by atoms with E-state index in [0.29, 0.717) is 10.2 Å². The van der Waals surface area contributed by atoms with Crippen LogP contribution < -0.4 is 10.1 Å². The Morgan fingerprint density at radius 2 is 2.05 bits per heavy atom. The van der Waals surface area contributed by atoms with Gasteiger partial charge < -0.3 is 10.1 Å². The number of nitro groups is 1. The zero-order chi connectivity index (χ0) is 14.5. The highest BCUT2D eigenvalue weighted by Crippen LogP contribution is 2.30. The zero-order valence-electron chi connectivity index (χ0n) is 10.8. The normalized spacial score (nSPS) is 10.1. The Bertz CT molecular complexity index is 632. The molecule has 0 atom stereocenters. The second-order valence-corrected chi connectivity index (χ2v) is 5.14. The predicted octanol–water partition coefficient (Wildman–Crippen LogP) is 4.34. The lowest BCUT2D eigenvalue weighted by atomic mass is 10.2. The van der Waals surface area contributed by atoms with Crippen LogP contribution in [0.4, 0.5) is 17.1 Å². The number of anilines is 2. The predicted molar refractivity (Wildman–Crippen MR) is 86.7 cm³/mol. The monoisotopic (exact) mass is 384 g/mol. The minimum absolute atomic E-state index is 0.106. The summed E-state index contributed by atoms with van der Waals surface area (Å²) in [5, 5.41) is 14.0. The third-order valence-electron chi connectivity index (χ3n) is 2.61. The van der Waals surface area contributed by atoms with E-state index in [1.807, 2.05) is 53.8 Å². The van der Waals surface area contributed by atoms with Gasteiger partial charge in [-0.1, -0.05) is 12.1 Å². The molecule has 0 aliphatic rings. The molecule has 2 rings (SSSR count). The van der Waals surface area contributed by atoms with Crippen LogP contribution in [0.1, 0.15) is 6.92 Å². The Morgan fingerprint density at radius 3 is 2.70 bits per heavy atom. The molecule has 104 valence electrons. The fraction of sp³-hybridized carbons (Fsp3) is 0.143. The van der Waals surface area contributed by atoms with Crippen molar-refractivity contribution in [2.45, 2.75) is 6.92 Å². The van der Waals surface area contributed by atoms with Crippen LogP contribution in [-0.4, -0.2) is 11.5 Å². The lowest BCUT2D eigenvalue weighted by molar-refractivity contribution is -0.385. The number of benzene rings is 2. The van der Waals surface area contributed by atoms with Gasteiger partial charge in [0.25, 0.3) is 5.69 Å². The van der Waals surface area contributed by atoms with Crippen LogP contribution in [-0.2, 0) is 0 Å². The molecule has 0 saturated carbocycles. The van der Waals surface area contributed by atoms with Gasteiger partial charge in [-0.25, -0.2) is 0 Å². The van der Waals surface area contributed by atoms with Crippen molar-refractivity contribution >= 4 is 39.7 Å². The molecule has 1 N–H and O–H groups in total. The SMILES string of the molecule is CCOc1ccccc1Nc1ccc([N+](=O)[O-])c(I)c1. The Hall–Kier alpha value is -1.83. The van der Waals surface area contributed by atoms with E-state index < -0.39 is 0 Å². The van der Waals surface area contributed by atoms with Crippen molar-refractivity contribution in [2.75, 3.05) is 11.9 Å². The molecule has 0 bridgehead atoms. The topological polar surface area (TPSA) is 64.4 Å². The highest BCUT2D eigenvalue weighted by molar-refractivity contribution is 14.1. The molecule has 0 spiro atoms. The van der Waals surface area contributed by atoms with Crippen molar-refractivity contribution in [1.29, 1.82) is 0 Å². The van der Waals surface area contributed by atoms with Gasteiger partial charge in [-0.15, -0.1) is 0 Å². The summed E-state index contributed by atoms with van der Waals surface area (Å²) in [4.78, 5) is 10.4. The van der Waals surface area contributed by atoms with E-state index in [1.165, 1.54) is 6.07 Å². The molecule has 20 heavy (non-hydrogen) atoms. The molecule has 2 aromatic rings. The first-order valence-electron chi connectivity index (χ1n) is 6.04. The van der Waals surface area contributed by atoms with Crippen molar-refractivity contribution in [2.24, 2.45) is 0 Å². The second-order valence-electron chi connectivity index (χ2n) is 3.98. The summed E-state index contributed by atoms with van der Waals surface area (Å²) in [6.07, 6.45) is 0. The summed E-state index contributed by atoms with van der Waals surface area (Å²) < 4.78 is 6.12. The number of hydrogen-bond acceptors (Lipinski definition) is 4. The van der Waals surface area contributed by atoms with Crippen molar-refractivity contribution in [3.05, 3.63) is 56.1 Å². The van der Waals surface area contributed by atoms with Crippen LogP contribution in [0.3, 0.4) is 0 Å². The number of ether oxygens (including phenoxy) is 1. The molecule has 5 nitrogen and oxygen atoms in total. The highest BCUT2D eigenvalue weighted by atomic mass is 127. The third-order valence-corrected chi connectivity index (χ3v) is 3.47. The number of para-hydroxylation sites is 2. The summed E-state index contributed by atoms with van der Waals surface area (Å²) in [5.74, 6) is 0.753. The smallest absolute Gasteiger partial charge is 0.282 e. The number of nitrogens with one attached hydrogen (secondary N) is 1. The average molecular weight is 384 g/mol. The van der Waals surface area contributed by atoms with E-state index in [0.717, 1.165) is 17.1 Å². The summed E-state index contributed by atoms with van der Waals surface area (Å²) >= 11 is 1.96. The van der Waals surface area contributed by atoms with Crippen LogP contribution in [0.2, 0.25) is 0 Å². The van der Waals surface area contributed by atoms with Crippen molar-refractivity contribution in [3.63, 3.8) is 0 Å². The van der Waals surface area contributed by atoms with E-state index in [2.05, 4.69) is 5.32 Å². The van der Waals surface area contributed by atoms with Gasteiger partial charge in [0.1, 0.15) is 5.75 Å². The Balaban J connectivity index is 2.26. The third kappa shape index (κ3) is 3.38. The molecule has 0 aliphatic carbocycles. The molecule has 0 aliphatic heterocycles. The van der Waals surface area contributed by atoms with Crippen LogP contribution in [0.15, 0.2) is 42.5 Å². The quantitative estimate of drug-likeness (QED) is 0.473. The van der Waals surface area contributed by atoms with E-state index in [4.69, 9.17) is 4.74 Å². The maximum Gasteiger partial charge on any atom is 0.282 e. The fourth-order valence-corrected chi connectivity index (χ4v) is 2.45. The second kappa shape index (κ2) is 6.56. The minimum Gasteiger partial charge on any atom is -0.492 e. The zero-order valence-corrected chi connectivity index (χ0v) is 13.0. The molecule has 2 aromatic carbocycles. The molecule has 0 aromatic heterocycles. The van der Waals surface area contributed by atoms with Gasteiger partial charge >= 0.3 is 0 Å². The molecule has 0 fully saturated rings. The van der Waals surface area contributed by atoms with E-state index >= 15 is 0 Å². The minimum atomic E-state index is -0.389. The van der Waals surface area contributed by atoms with E-state index in [-0.39, 0.29) is 10.6 Å². The molecule has 0 unspecified atom stereocenters. The Kier molecular flexibility index (Phi) is 4.78. The van der Waals surface area contributed by atoms with E-state index in [9.17, 15) is 10.1 Å². The van der Waals surface area contributed by atoms with Crippen LogP contribution in [0.5, 0.6) is 5.75 Å². The van der Waals surface area contributed by atoms with Gasteiger partial charge in [0, 0.05) is 11.8 Å². The van der Waals surface area contributed by atoms with Gasteiger partial charge in [0.05, 0.1) is 20.8 Å². The Labute approximate surface area is 130 Å². The lowest BCUT2D eigenvalue weighted by Crippen LogP contribution is -1.98. The van der Waals surface area contributed by atoms with Crippen molar-refractivity contribution in [1.82, 2.24) is 0 Å². The highest BCUT2D eigenvalue weighted by Gasteiger charge is 2.12. The fourth-order valence-electron chi connectivity index (χ4n) is 1.74. The van der Waals surface area contributed by atoms with Gasteiger partial charge in [0.2, 0.25) is 0 Å². The molecule has 0 heterocycles. The molecule has 0 amide bonds. The van der Waals surface area contributed by atoms with Gasteiger partial charge in [0.15, 0.2) is 0 Å². The Morgan fingerprint density at radius 1 is 1.30 bits per heavy atom. The standard InChI is InChI=1S/C14H13IN2O3/c1-2-20-14-6-4-3-5-12(14)16-10-7-8-13(17(18)19)11(15)9-10/h3-9,16H,2H2,1H3. The molecule has 6 heteroatoms. The maximum atomic E-state index is 10.8. The average Bonchev–Trinajstić information content (AvgIpc) is 2.41. The number of halogens is 1. The first-order valence-corrected chi connectivity index (χ1v) is 7.12. The maximum absolute atomic E-state index is 10.8. The van der Waals surface area contributed by atoms with Crippen LogP contribution in [0.25, 0.3) is 0 Å². The molecular formula is C14H13IN2O3. The molecular weight excluding hydrogens is 371 g/mol. The summed E-state index contributed by atoms with van der Waals surface area (Å²) in [5.41, 5.74) is 1.72.